The zero-order chi connectivity index (χ0) is 6.69. The molecule has 1 nitrogen and oxygen atoms in total. The molecule has 1 rings (SSSR count). The first-order valence-electron chi connectivity index (χ1n) is 3.61. The lowest BCUT2D eigenvalue weighted by Crippen LogP contribution is -2.19. The van der Waals surface area contributed by atoms with Crippen molar-refractivity contribution in [2.75, 3.05) is 13.6 Å². The molecule has 1 N–H and O–H groups in total. The summed E-state index contributed by atoms with van der Waals surface area (Å²) in [4.78, 5) is 0. The van der Waals surface area contributed by atoms with Gasteiger partial charge in [0.25, 0.3) is 0 Å². The van der Waals surface area contributed by atoms with Gasteiger partial charge in [0.15, 0.2) is 0 Å². The lowest BCUT2D eigenvalue weighted by Gasteiger charge is -2.04. The molecule has 0 radical (unpaired) electrons. The molecule has 2 heteroatoms. The molecule has 0 aromatic heterocycles. The van der Waals surface area contributed by atoms with Gasteiger partial charge < -0.3 is 5.32 Å². The predicted molar refractivity (Wildman–Crippen MR) is 36.2 cm³/mol. The lowest BCUT2D eigenvalue weighted by atomic mass is 10.2. The molecule has 1 atom stereocenters. The maximum atomic E-state index is 12.6. The van der Waals surface area contributed by atoms with E-state index in [1.165, 1.54) is 12.8 Å². The Bertz CT molecular complexity index is 81.0. The van der Waals surface area contributed by atoms with Gasteiger partial charge in [-0.1, -0.05) is 12.8 Å². The molecule has 0 unspecified atom stereocenters. The molecule has 1 aliphatic carbocycles. The summed E-state index contributed by atoms with van der Waals surface area (Å²) in [5.41, 5.74) is 0. The minimum absolute atomic E-state index is 0.524. The van der Waals surface area contributed by atoms with Gasteiger partial charge in [-0.05, 0) is 19.4 Å². The third-order valence-corrected chi connectivity index (χ3v) is 1.71. The second kappa shape index (κ2) is 3.16. The number of hydrogen-bond acceptors (Lipinski definition) is 1. The minimum atomic E-state index is -0.609. The van der Waals surface area contributed by atoms with Crippen molar-refractivity contribution in [1.29, 1.82) is 0 Å². The van der Waals surface area contributed by atoms with Crippen LogP contribution in [0.15, 0.2) is 0 Å². The summed E-state index contributed by atoms with van der Waals surface area (Å²) in [5, 5.41) is 2.83. The molecule has 9 heavy (non-hydrogen) atoms. The van der Waals surface area contributed by atoms with Crippen molar-refractivity contribution in [3.05, 3.63) is 0 Å². The smallest absolute Gasteiger partial charge is 0.113 e. The molecule has 0 amide bonds. The topological polar surface area (TPSA) is 12.0 Å². The van der Waals surface area contributed by atoms with Crippen molar-refractivity contribution in [3.63, 3.8) is 0 Å². The molecular formula is C7H14FN. The Hall–Kier alpha value is -0.110. The summed E-state index contributed by atoms with van der Waals surface area (Å²) >= 11 is 0. The molecule has 0 saturated heterocycles. The summed E-state index contributed by atoms with van der Waals surface area (Å²) in [6.07, 6.45) is 2.68. The highest BCUT2D eigenvalue weighted by molar-refractivity contribution is 4.77. The van der Waals surface area contributed by atoms with Crippen LogP contribution in [0.1, 0.15) is 19.3 Å². The van der Waals surface area contributed by atoms with E-state index in [4.69, 9.17) is 0 Å². The van der Waals surface area contributed by atoms with Crippen LogP contribution in [0.4, 0.5) is 4.39 Å². The molecule has 0 aliphatic heterocycles. The van der Waals surface area contributed by atoms with Crippen LogP contribution in [0.25, 0.3) is 0 Å². The Kier molecular flexibility index (Phi) is 2.46. The highest BCUT2D eigenvalue weighted by Crippen LogP contribution is 2.33. The van der Waals surface area contributed by atoms with Gasteiger partial charge in [-0.2, -0.15) is 0 Å². The number of alkyl halides is 1. The van der Waals surface area contributed by atoms with Gasteiger partial charge in [-0.25, -0.2) is 4.39 Å². The molecular weight excluding hydrogens is 117 g/mol. The number of rotatable bonds is 4. The molecule has 0 spiro atoms. The molecule has 1 saturated carbocycles. The SMILES string of the molecule is CNC[C@H](F)CC1CC1. The van der Waals surface area contributed by atoms with Crippen molar-refractivity contribution in [1.82, 2.24) is 5.32 Å². The number of nitrogens with one attached hydrogen (secondary N) is 1. The van der Waals surface area contributed by atoms with E-state index in [1.807, 2.05) is 0 Å². The first-order chi connectivity index (χ1) is 4.33. The molecule has 1 fully saturated rings. The fraction of sp³-hybridized carbons (Fsp3) is 1.00. The molecule has 0 aromatic carbocycles. The van der Waals surface area contributed by atoms with Crippen LogP contribution < -0.4 is 5.32 Å². The van der Waals surface area contributed by atoms with Crippen molar-refractivity contribution in [3.8, 4) is 0 Å². The standard InChI is InChI=1S/C7H14FN/c1-9-5-7(8)4-6-2-3-6/h6-7,9H,2-5H2,1H3/t7-/m1/s1. The van der Waals surface area contributed by atoms with Gasteiger partial charge in [0.05, 0.1) is 0 Å². The second-order valence-electron chi connectivity index (χ2n) is 2.83. The fourth-order valence-electron chi connectivity index (χ4n) is 1.02. The normalized spacial score (nSPS) is 22.0. The third-order valence-electron chi connectivity index (χ3n) is 1.71. The van der Waals surface area contributed by atoms with E-state index < -0.39 is 6.17 Å². The van der Waals surface area contributed by atoms with Gasteiger partial charge in [0.2, 0.25) is 0 Å². The Morgan fingerprint density at radius 1 is 1.67 bits per heavy atom. The van der Waals surface area contributed by atoms with Crippen LogP contribution in [0, 0.1) is 5.92 Å². The highest BCUT2D eigenvalue weighted by atomic mass is 19.1. The van der Waals surface area contributed by atoms with Crippen molar-refractivity contribution in [2.24, 2.45) is 5.92 Å². The van der Waals surface area contributed by atoms with Crippen molar-refractivity contribution in [2.45, 2.75) is 25.4 Å². The summed E-state index contributed by atoms with van der Waals surface area (Å²) in [5.74, 6) is 0.716. The zero-order valence-electron chi connectivity index (χ0n) is 5.86. The Morgan fingerprint density at radius 2 is 2.33 bits per heavy atom. The average Bonchev–Trinajstić information content (AvgIpc) is 2.50. The maximum absolute atomic E-state index is 12.6. The van der Waals surface area contributed by atoms with E-state index in [1.54, 1.807) is 7.05 Å². The quantitative estimate of drug-likeness (QED) is 0.607. The maximum Gasteiger partial charge on any atom is 0.113 e. The van der Waals surface area contributed by atoms with E-state index >= 15 is 0 Å². The summed E-state index contributed by atoms with van der Waals surface area (Å²) in [6, 6.07) is 0. The largest absolute Gasteiger partial charge is 0.317 e. The number of halogens is 1. The third kappa shape index (κ3) is 2.80. The van der Waals surface area contributed by atoms with Gasteiger partial charge in [0.1, 0.15) is 6.17 Å². The Balaban J connectivity index is 1.95. The fourth-order valence-corrected chi connectivity index (χ4v) is 1.02. The molecule has 54 valence electrons. The van der Waals surface area contributed by atoms with Gasteiger partial charge in [-0.3, -0.25) is 0 Å². The van der Waals surface area contributed by atoms with Gasteiger partial charge >= 0.3 is 0 Å². The van der Waals surface area contributed by atoms with E-state index in [-0.39, 0.29) is 0 Å². The van der Waals surface area contributed by atoms with Gasteiger partial charge in [-0.15, -0.1) is 0 Å². The van der Waals surface area contributed by atoms with Crippen LogP contribution in [0.2, 0.25) is 0 Å². The van der Waals surface area contributed by atoms with Crippen molar-refractivity contribution < 1.29 is 4.39 Å². The minimum Gasteiger partial charge on any atom is -0.317 e. The number of hydrogen-bond donors (Lipinski definition) is 1. The second-order valence-corrected chi connectivity index (χ2v) is 2.83. The van der Waals surface area contributed by atoms with Crippen LogP contribution in [0.3, 0.4) is 0 Å². The first kappa shape index (κ1) is 7.00. The molecule has 0 aromatic rings. The Labute approximate surface area is 55.6 Å². The van der Waals surface area contributed by atoms with Crippen LogP contribution >= 0.6 is 0 Å². The molecule has 1 aliphatic rings. The van der Waals surface area contributed by atoms with E-state index in [2.05, 4.69) is 5.32 Å². The highest BCUT2D eigenvalue weighted by Gasteiger charge is 2.24. The Morgan fingerprint density at radius 3 is 2.78 bits per heavy atom. The lowest BCUT2D eigenvalue weighted by molar-refractivity contribution is 0.295. The van der Waals surface area contributed by atoms with Crippen LogP contribution in [-0.2, 0) is 0 Å². The predicted octanol–water partition coefficient (Wildman–Crippen LogP) is 1.34. The van der Waals surface area contributed by atoms with Crippen LogP contribution in [-0.4, -0.2) is 19.8 Å². The zero-order valence-corrected chi connectivity index (χ0v) is 5.86. The molecule has 0 heterocycles. The summed E-state index contributed by atoms with van der Waals surface area (Å²) in [7, 11) is 1.79. The van der Waals surface area contributed by atoms with Crippen molar-refractivity contribution >= 4 is 0 Å². The van der Waals surface area contributed by atoms with Gasteiger partial charge in [0, 0.05) is 6.54 Å². The van der Waals surface area contributed by atoms with E-state index in [0.717, 1.165) is 6.42 Å². The molecule has 0 bridgehead atoms. The average molecular weight is 131 g/mol. The van der Waals surface area contributed by atoms with E-state index in [0.29, 0.717) is 12.5 Å². The monoisotopic (exact) mass is 131 g/mol. The van der Waals surface area contributed by atoms with E-state index in [9.17, 15) is 4.39 Å². The van der Waals surface area contributed by atoms with Crippen LogP contribution in [0.5, 0.6) is 0 Å². The summed E-state index contributed by atoms with van der Waals surface area (Å²) in [6.45, 7) is 0.524. The first-order valence-corrected chi connectivity index (χ1v) is 3.61. The summed E-state index contributed by atoms with van der Waals surface area (Å²) < 4.78 is 12.6.